The highest BCUT2D eigenvalue weighted by Crippen LogP contribution is 2.31. The second-order valence-corrected chi connectivity index (χ2v) is 10.2. The highest BCUT2D eigenvalue weighted by Gasteiger charge is 2.39. The Morgan fingerprint density at radius 2 is 1.55 bits per heavy atom. The molecule has 1 atom stereocenters. The molecule has 2 saturated heterocycles. The molecule has 172 valence electrons. The van der Waals surface area contributed by atoms with Crippen molar-refractivity contribution < 1.29 is 4.74 Å². The Labute approximate surface area is 182 Å². The van der Waals surface area contributed by atoms with Crippen LogP contribution in [0.25, 0.3) is 0 Å². The van der Waals surface area contributed by atoms with Crippen LogP contribution >= 0.6 is 0 Å². The molecular weight excluding hydrogens is 356 g/mol. The molecule has 0 radical (unpaired) electrons. The zero-order valence-corrected chi connectivity index (χ0v) is 20.4. The predicted octanol–water partition coefficient (Wildman–Crippen LogP) is 6.37. The van der Waals surface area contributed by atoms with E-state index in [2.05, 4.69) is 37.5 Å². The highest BCUT2D eigenvalue weighted by molar-refractivity contribution is 4.93. The maximum atomic E-state index is 6.39. The van der Waals surface area contributed by atoms with Gasteiger partial charge in [0.2, 0.25) is 0 Å². The van der Waals surface area contributed by atoms with Gasteiger partial charge >= 0.3 is 0 Å². The Bertz CT molecular complexity index is 402. The van der Waals surface area contributed by atoms with Crippen LogP contribution in [0.5, 0.6) is 0 Å². The fourth-order valence-electron chi connectivity index (χ4n) is 5.49. The minimum atomic E-state index is 0.160. The van der Waals surface area contributed by atoms with Gasteiger partial charge in [0.15, 0.2) is 0 Å². The maximum absolute atomic E-state index is 6.39. The van der Waals surface area contributed by atoms with Gasteiger partial charge in [-0.1, -0.05) is 72.6 Å². The molecule has 2 fully saturated rings. The molecule has 0 bridgehead atoms. The van der Waals surface area contributed by atoms with E-state index >= 15 is 0 Å². The lowest BCUT2D eigenvalue weighted by Gasteiger charge is -2.47. The molecule has 1 unspecified atom stereocenters. The molecule has 29 heavy (non-hydrogen) atoms. The van der Waals surface area contributed by atoms with E-state index in [1.165, 1.54) is 110 Å². The number of hydrogen-bond acceptors (Lipinski definition) is 3. The Kier molecular flexibility index (Phi) is 12.2. The van der Waals surface area contributed by atoms with Gasteiger partial charge in [0.25, 0.3) is 0 Å². The largest absolute Gasteiger partial charge is 0.372 e. The maximum Gasteiger partial charge on any atom is 0.0833 e. The van der Waals surface area contributed by atoms with Crippen molar-refractivity contribution in [2.24, 2.45) is 11.8 Å². The highest BCUT2D eigenvalue weighted by atomic mass is 16.5. The summed E-state index contributed by atoms with van der Waals surface area (Å²) in [7, 11) is 0. The van der Waals surface area contributed by atoms with Crippen LogP contribution in [0.3, 0.4) is 0 Å². The van der Waals surface area contributed by atoms with Gasteiger partial charge in [-0.15, -0.1) is 0 Å². The monoisotopic (exact) mass is 408 g/mol. The molecular formula is C26H52N2O. The Hall–Kier alpha value is -0.120. The van der Waals surface area contributed by atoms with Crippen molar-refractivity contribution in [1.29, 1.82) is 0 Å². The van der Waals surface area contributed by atoms with E-state index < -0.39 is 0 Å². The normalized spacial score (nSPS) is 21.8. The van der Waals surface area contributed by atoms with E-state index in [-0.39, 0.29) is 5.60 Å². The molecule has 0 aromatic carbocycles. The molecule has 3 heteroatoms. The van der Waals surface area contributed by atoms with Crippen LogP contribution in [0.2, 0.25) is 0 Å². The van der Waals surface area contributed by atoms with Gasteiger partial charge < -0.3 is 9.64 Å². The SMILES string of the molecule is CCCCCCCC(C)CN1CCC2(CC1)CN(CCCC(CC)CC)CCO2. The van der Waals surface area contributed by atoms with Crippen molar-refractivity contribution in [3.63, 3.8) is 0 Å². The number of morpholine rings is 1. The van der Waals surface area contributed by atoms with Crippen molar-refractivity contribution in [3.8, 4) is 0 Å². The Morgan fingerprint density at radius 1 is 0.828 bits per heavy atom. The molecule has 2 aliphatic rings. The Balaban J connectivity index is 1.63. The molecule has 0 amide bonds. The minimum absolute atomic E-state index is 0.160. The van der Waals surface area contributed by atoms with E-state index in [1.54, 1.807) is 0 Å². The van der Waals surface area contributed by atoms with E-state index in [0.717, 1.165) is 25.0 Å². The van der Waals surface area contributed by atoms with Crippen molar-refractivity contribution >= 4 is 0 Å². The molecule has 2 rings (SSSR count). The summed E-state index contributed by atoms with van der Waals surface area (Å²) in [5, 5.41) is 0. The number of likely N-dealkylation sites (tertiary alicyclic amines) is 1. The quantitative estimate of drug-likeness (QED) is 0.311. The van der Waals surface area contributed by atoms with E-state index in [9.17, 15) is 0 Å². The first-order valence-corrected chi connectivity index (χ1v) is 13.2. The zero-order valence-electron chi connectivity index (χ0n) is 20.4. The Morgan fingerprint density at radius 3 is 2.24 bits per heavy atom. The van der Waals surface area contributed by atoms with Crippen LogP contribution in [0, 0.1) is 11.8 Å². The van der Waals surface area contributed by atoms with Gasteiger partial charge in [0.1, 0.15) is 0 Å². The van der Waals surface area contributed by atoms with Crippen LogP contribution in [-0.4, -0.2) is 61.3 Å². The fourth-order valence-corrected chi connectivity index (χ4v) is 5.49. The van der Waals surface area contributed by atoms with Crippen molar-refractivity contribution in [3.05, 3.63) is 0 Å². The number of rotatable bonds is 14. The van der Waals surface area contributed by atoms with Gasteiger partial charge in [-0.05, 0) is 50.5 Å². The molecule has 1 spiro atoms. The molecule has 0 aliphatic carbocycles. The van der Waals surface area contributed by atoms with Gasteiger partial charge in [0, 0.05) is 32.7 Å². The van der Waals surface area contributed by atoms with Crippen LogP contribution in [0.1, 0.15) is 105 Å². The third-order valence-corrected chi connectivity index (χ3v) is 7.71. The van der Waals surface area contributed by atoms with Gasteiger partial charge in [-0.25, -0.2) is 0 Å². The summed E-state index contributed by atoms with van der Waals surface area (Å²) in [6.45, 7) is 17.8. The molecule has 2 heterocycles. The second kappa shape index (κ2) is 14.0. The number of piperidine rings is 1. The van der Waals surface area contributed by atoms with Gasteiger partial charge in [0.05, 0.1) is 12.2 Å². The summed E-state index contributed by atoms with van der Waals surface area (Å²) in [6, 6.07) is 0. The first-order valence-electron chi connectivity index (χ1n) is 13.2. The van der Waals surface area contributed by atoms with Crippen LogP contribution in [-0.2, 0) is 4.74 Å². The average Bonchev–Trinajstić information content (AvgIpc) is 2.73. The van der Waals surface area contributed by atoms with E-state index in [4.69, 9.17) is 4.74 Å². The van der Waals surface area contributed by atoms with E-state index in [1.807, 2.05) is 0 Å². The van der Waals surface area contributed by atoms with Crippen LogP contribution in [0.4, 0.5) is 0 Å². The number of nitrogens with zero attached hydrogens (tertiary/aromatic N) is 2. The molecule has 3 nitrogen and oxygen atoms in total. The summed E-state index contributed by atoms with van der Waals surface area (Å²) in [5.41, 5.74) is 0.160. The van der Waals surface area contributed by atoms with Crippen molar-refractivity contribution in [2.75, 3.05) is 45.9 Å². The second-order valence-electron chi connectivity index (χ2n) is 10.2. The van der Waals surface area contributed by atoms with Crippen molar-refractivity contribution in [2.45, 2.75) is 110 Å². The summed E-state index contributed by atoms with van der Waals surface area (Å²) >= 11 is 0. The number of unbranched alkanes of at least 4 members (excludes halogenated alkanes) is 4. The topological polar surface area (TPSA) is 15.7 Å². The minimum Gasteiger partial charge on any atom is -0.372 e. The average molecular weight is 409 g/mol. The lowest BCUT2D eigenvalue weighted by atomic mass is 9.88. The first kappa shape index (κ1) is 25.1. The lowest BCUT2D eigenvalue weighted by molar-refractivity contribution is -0.136. The third kappa shape index (κ3) is 9.27. The number of hydrogen-bond donors (Lipinski definition) is 0. The molecule has 0 aromatic heterocycles. The zero-order chi connectivity index (χ0) is 21.0. The molecule has 0 saturated carbocycles. The van der Waals surface area contributed by atoms with E-state index in [0.29, 0.717) is 0 Å². The molecule has 0 N–H and O–H groups in total. The standard InChI is InChI=1S/C26H52N2O/c1-5-8-9-10-11-13-24(4)22-27-18-15-26(16-19-27)23-28(20-21-29-26)17-12-14-25(6-2)7-3/h24-25H,5-23H2,1-4H3. The smallest absolute Gasteiger partial charge is 0.0833 e. The van der Waals surface area contributed by atoms with Crippen molar-refractivity contribution in [1.82, 2.24) is 9.80 Å². The summed E-state index contributed by atoms with van der Waals surface area (Å²) < 4.78 is 6.39. The summed E-state index contributed by atoms with van der Waals surface area (Å²) in [4.78, 5) is 5.43. The third-order valence-electron chi connectivity index (χ3n) is 7.71. The number of ether oxygens (including phenoxy) is 1. The predicted molar refractivity (Wildman–Crippen MR) is 127 cm³/mol. The lowest BCUT2D eigenvalue weighted by Crippen LogP contribution is -2.57. The summed E-state index contributed by atoms with van der Waals surface area (Å²) in [6.07, 6.45) is 16.4. The summed E-state index contributed by atoms with van der Waals surface area (Å²) in [5.74, 6) is 1.78. The van der Waals surface area contributed by atoms with Gasteiger partial charge in [-0.2, -0.15) is 0 Å². The fraction of sp³-hybridized carbons (Fsp3) is 1.00. The first-order chi connectivity index (χ1) is 14.1. The molecule has 2 aliphatic heterocycles. The van der Waals surface area contributed by atoms with Gasteiger partial charge in [-0.3, -0.25) is 4.90 Å². The molecule has 0 aromatic rings. The van der Waals surface area contributed by atoms with Crippen LogP contribution < -0.4 is 0 Å². The van der Waals surface area contributed by atoms with Crippen LogP contribution in [0.15, 0.2) is 0 Å².